The maximum atomic E-state index is 13.1. The average molecular weight is 259 g/mol. The first kappa shape index (κ1) is 13.6. The van der Waals surface area contributed by atoms with E-state index in [0.717, 1.165) is 23.3 Å². The van der Waals surface area contributed by atoms with E-state index in [1.165, 1.54) is 12.1 Å². The molecule has 0 fully saturated rings. The van der Waals surface area contributed by atoms with Crippen LogP contribution < -0.4 is 10.5 Å². The zero-order valence-corrected chi connectivity index (χ0v) is 11.0. The molecule has 100 valence electrons. The van der Waals surface area contributed by atoms with Gasteiger partial charge in [-0.1, -0.05) is 24.3 Å². The Balaban J connectivity index is 1.98. The van der Waals surface area contributed by atoms with Crippen molar-refractivity contribution in [2.75, 3.05) is 7.11 Å². The van der Waals surface area contributed by atoms with Crippen molar-refractivity contribution in [2.24, 2.45) is 5.73 Å². The summed E-state index contributed by atoms with van der Waals surface area (Å²) < 4.78 is 18.3. The summed E-state index contributed by atoms with van der Waals surface area (Å²) in [5.41, 5.74) is 8.17. The summed E-state index contributed by atoms with van der Waals surface area (Å²) in [6.45, 7) is 0. The number of ether oxygens (including phenoxy) is 1. The standard InChI is InChI=1S/C16H18FNO/c1-19-16-7-3-5-13(11-16)10-15(18)9-12-4-2-6-14(17)8-12/h2-8,11,15H,9-10,18H2,1H3. The fourth-order valence-electron chi connectivity index (χ4n) is 2.14. The normalized spacial score (nSPS) is 12.2. The predicted molar refractivity (Wildman–Crippen MR) is 74.8 cm³/mol. The molecule has 0 radical (unpaired) electrons. The summed E-state index contributed by atoms with van der Waals surface area (Å²) in [6.07, 6.45) is 1.41. The SMILES string of the molecule is COc1cccc(CC(N)Cc2cccc(F)c2)c1. The lowest BCUT2D eigenvalue weighted by Gasteiger charge is -2.12. The molecular weight excluding hydrogens is 241 g/mol. The summed E-state index contributed by atoms with van der Waals surface area (Å²) in [5.74, 6) is 0.613. The van der Waals surface area contributed by atoms with E-state index in [-0.39, 0.29) is 11.9 Å². The van der Waals surface area contributed by atoms with Gasteiger partial charge in [0.2, 0.25) is 0 Å². The third-order valence-corrected chi connectivity index (χ3v) is 3.02. The molecule has 2 aromatic rings. The highest BCUT2D eigenvalue weighted by molar-refractivity contribution is 5.29. The Morgan fingerprint density at radius 3 is 2.32 bits per heavy atom. The second-order valence-electron chi connectivity index (χ2n) is 4.65. The van der Waals surface area contributed by atoms with Gasteiger partial charge < -0.3 is 10.5 Å². The molecule has 0 aliphatic heterocycles. The van der Waals surface area contributed by atoms with Gasteiger partial charge in [-0.15, -0.1) is 0 Å². The Morgan fingerprint density at radius 2 is 1.68 bits per heavy atom. The zero-order chi connectivity index (χ0) is 13.7. The lowest BCUT2D eigenvalue weighted by atomic mass is 9.99. The average Bonchev–Trinajstić information content (AvgIpc) is 2.38. The van der Waals surface area contributed by atoms with Crippen LogP contribution in [0.2, 0.25) is 0 Å². The van der Waals surface area contributed by atoms with Gasteiger partial charge in [-0.25, -0.2) is 4.39 Å². The van der Waals surface area contributed by atoms with Crippen molar-refractivity contribution in [3.05, 3.63) is 65.5 Å². The first-order valence-corrected chi connectivity index (χ1v) is 6.30. The topological polar surface area (TPSA) is 35.2 Å². The predicted octanol–water partition coefficient (Wildman–Crippen LogP) is 2.95. The smallest absolute Gasteiger partial charge is 0.123 e. The third kappa shape index (κ3) is 4.07. The molecule has 2 rings (SSSR count). The third-order valence-electron chi connectivity index (χ3n) is 3.02. The summed E-state index contributed by atoms with van der Waals surface area (Å²) in [5, 5.41) is 0. The number of hydrogen-bond donors (Lipinski definition) is 1. The van der Waals surface area contributed by atoms with E-state index < -0.39 is 0 Å². The van der Waals surface area contributed by atoms with Crippen LogP contribution in [0.25, 0.3) is 0 Å². The van der Waals surface area contributed by atoms with Gasteiger partial charge >= 0.3 is 0 Å². The van der Waals surface area contributed by atoms with E-state index in [2.05, 4.69) is 0 Å². The van der Waals surface area contributed by atoms with E-state index >= 15 is 0 Å². The molecule has 0 saturated heterocycles. The van der Waals surface area contributed by atoms with Crippen LogP contribution in [0.1, 0.15) is 11.1 Å². The van der Waals surface area contributed by atoms with Crippen molar-refractivity contribution in [1.82, 2.24) is 0 Å². The van der Waals surface area contributed by atoms with Gasteiger partial charge in [0, 0.05) is 6.04 Å². The maximum absolute atomic E-state index is 13.1. The number of nitrogens with two attached hydrogens (primary N) is 1. The van der Waals surface area contributed by atoms with Crippen LogP contribution in [-0.4, -0.2) is 13.2 Å². The molecule has 0 spiro atoms. The zero-order valence-electron chi connectivity index (χ0n) is 11.0. The second-order valence-corrected chi connectivity index (χ2v) is 4.65. The fourth-order valence-corrected chi connectivity index (χ4v) is 2.14. The van der Waals surface area contributed by atoms with Gasteiger partial charge in [0.05, 0.1) is 7.11 Å². The van der Waals surface area contributed by atoms with Gasteiger partial charge in [-0.2, -0.15) is 0 Å². The molecule has 0 aromatic heterocycles. The van der Waals surface area contributed by atoms with Crippen LogP contribution in [0.15, 0.2) is 48.5 Å². The quantitative estimate of drug-likeness (QED) is 0.896. The molecule has 19 heavy (non-hydrogen) atoms. The Labute approximate surface area is 113 Å². The lowest BCUT2D eigenvalue weighted by Crippen LogP contribution is -2.25. The monoisotopic (exact) mass is 259 g/mol. The minimum atomic E-state index is -0.217. The molecule has 0 saturated carbocycles. The Kier molecular flexibility index (Phi) is 4.53. The van der Waals surface area contributed by atoms with Crippen molar-refractivity contribution in [2.45, 2.75) is 18.9 Å². The van der Waals surface area contributed by atoms with Gasteiger partial charge in [-0.05, 0) is 48.2 Å². The summed E-state index contributed by atoms with van der Waals surface area (Å²) in [6, 6.07) is 14.4. The van der Waals surface area contributed by atoms with Gasteiger partial charge in [0.25, 0.3) is 0 Å². The Bertz CT molecular complexity index is 542. The van der Waals surface area contributed by atoms with Crippen molar-refractivity contribution in [3.63, 3.8) is 0 Å². The van der Waals surface area contributed by atoms with Crippen LogP contribution in [0, 0.1) is 5.82 Å². The van der Waals surface area contributed by atoms with E-state index in [1.54, 1.807) is 13.2 Å². The lowest BCUT2D eigenvalue weighted by molar-refractivity contribution is 0.414. The minimum absolute atomic E-state index is 0.0334. The molecule has 0 aliphatic rings. The van der Waals surface area contributed by atoms with E-state index in [1.807, 2.05) is 30.3 Å². The highest BCUT2D eigenvalue weighted by atomic mass is 19.1. The van der Waals surface area contributed by atoms with Crippen LogP contribution in [-0.2, 0) is 12.8 Å². The highest BCUT2D eigenvalue weighted by Gasteiger charge is 2.07. The van der Waals surface area contributed by atoms with E-state index in [0.29, 0.717) is 6.42 Å². The van der Waals surface area contributed by atoms with Crippen molar-refractivity contribution < 1.29 is 9.13 Å². The number of halogens is 1. The summed E-state index contributed by atoms with van der Waals surface area (Å²) in [4.78, 5) is 0. The molecule has 0 amide bonds. The Hall–Kier alpha value is -1.87. The first-order valence-electron chi connectivity index (χ1n) is 6.30. The fraction of sp³-hybridized carbons (Fsp3) is 0.250. The minimum Gasteiger partial charge on any atom is -0.497 e. The number of benzene rings is 2. The highest BCUT2D eigenvalue weighted by Crippen LogP contribution is 2.15. The molecule has 0 heterocycles. The number of rotatable bonds is 5. The van der Waals surface area contributed by atoms with Crippen molar-refractivity contribution >= 4 is 0 Å². The largest absolute Gasteiger partial charge is 0.497 e. The summed E-state index contributed by atoms with van der Waals surface area (Å²) in [7, 11) is 1.64. The van der Waals surface area contributed by atoms with Crippen molar-refractivity contribution in [1.29, 1.82) is 0 Å². The van der Waals surface area contributed by atoms with Crippen LogP contribution in [0.4, 0.5) is 4.39 Å². The second kappa shape index (κ2) is 6.34. The van der Waals surface area contributed by atoms with E-state index in [4.69, 9.17) is 10.5 Å². The molecule has 2 N–H and O–H groups in total. The van der Waals surface area contributed by atoms with Gasteiger partial charge in [0.15, 0.2) is 0 Å². The molecule has 2 nitrogen and oxygen atoms in total. The first-order chi connectivity index (χ1) is 9.17. The maximum Gasteiger partial charge on any atom is 0.123 e. The molecule has 2 aromatic carbocycles. The van der Waals surface area contributed by atoms with Crippen molar-refractivity contribution in [3.8, 4) is 5.75 Å². The van der Waals surface area contributed by atoms with Gasteiger partial charge in [-0.3, -0.25) is 0 Å². The van der Waals surface area contributed by atoms with Crippen LogP contribution >= 0.6 is 0 Å². The summed E-state index contributed by atoms with van der Waals surface area (Å²) >= 11 is 0. The molecule has 1 unspecified atom stereocenters. The molecule has 1 atom stereocenters. The molecule has 0 aliphatic carbocycles. The molecule has 0 bridgehead atoms. The van der Waals surface area contributed by atoms with Gasteiger partial charge in [0.1, 0.15) is 11.6 Å². The van der Waals surface area contributed by atoms with Crippen LogP contribution in [0.5, 0.6) is 5.75 Å². The van der Waals surface area contributed by atoms with E-state index in [9.17, 15) is 4.39 Å². The Morgan fingerprint density at radius 1 is 1.05 bits per heavy atom. The molecule has 3 heteroatoms. The molecular formula is C16H18FNO. The number of methoxy groups -OCH3 is 1. The number of hydrogen-bond acceptors (Lipinski definition) is 2. The van der Waals surface area contributed by atoms with Crippen LogP contribution in [0.3, 0.4) is 0 Å².